The van der Waals surface area contributed by atoms with Crippen molar-refractivity contribution in [1.82, 2.24) is 5.32 Å². The fourth-order valence-corrected chi connectivity index (χ4v) is 1.36. The molecule has 1 rings (SSSR count). The first kappa shape index (κ1) is 11.9. The van der Waals surface area contributed by atoms with Crippen LogP contribution in [0.1, 0.15) is 32.6 Å². The zero-order valence-corrected chi connectivity index (χ0v) is 8.68. The Kier molecular flexibility index (Phi) is 4.02. The Labute approximate surface area is 87.8 Å². The number of hydrogen-bond donors (Lipinski definition) is 2. The van der Waals surface area contributed by atoms with Crippen LogP contribution in [0.25, 0.3) is 0 Å². The molecule has 6 nitrogen and oxygen atoms in total. The lowest BCUT2D eigenvalue weighted by atomic mass is 10.1. The number of hydrogen-bond acceptors (Lipinski definition) is 4. The number of nitro groups is 1. The Morgan fingerprint density at radius 2 is 2.27 bits per heavy atom. The molecule has 0 aromatic rings. The quantitative estimate of drug-likeness (QED) is 0.485. The van der Waals surface area contributed by atoms with E-state index in [1.54, 1.807) is 6.92 Å². The maximum atomic E-state index is 11.3. The van der Waals surface area contributed by atoms with E-state index in [1.165, 1.54) is 0 Å². The SMILES string of the molecule is CCC[C@@H]([C@H](O)C(=O)NC1CC1)[N+](=O)[O-]. The Balaban J connectivity index is 2.48. The molecule has 2 N–H and O–H groups in total. The van der Waals surface area contributed by atoms with Gasteiger partial charge in [0.05, 0.1) is 0 Å². The van der Waals surface area contributed by atoms with Gasteiger partial charge in [0.1, 0.15) is 0 Å². The van der Waals surface area contributed by atoms with Gasteiger partial charge in [-0.05, 0) is 19.3 Å². The second-order valence-corrected chi connectivity index (χ2v) is 3.87. The van der Waals surface area contributed by atoms with Crippen molar-refractivity contribution >= 4 is 5.91 Å². The van der Waals surface area contributed by atoms with Crippen molar-refractivity contribution in [3.63, 3.8) is 0 Å². The summed E-state index contributed by atoms with van der Waals surface area (Å²) in [5.74, 6) is -0.618. The van der Waals surface area contributed by atoms with E-state index in [0.29, 0.717) is 6.42 Å². The molecule has 0 unspecified atom stereocenters. The molecule has 15 heavy (non-hydrogen) atoms. The van der Waals surface area contributed by atoms with Gasteiger partial charge in [-0.3, -0.25) is 14.9 Å². The molecule has 2 atom stereocenters. The molecule has 1 amide bonds. The number of carbonyl (C=O) groups excluding carboxylic acids is 1. The summed E-state index contributed by atoms with van der Waals surface area (Å²) in [6.45, 7) is 1.78. The number of aliphatic hydroxyl groups is 1. The molecular weight excluding hydrogens is 200 g/mol. The van der Waals surface area contributed by atoms with Crippen molar-refractivity contribution in [2.24, 2.45) is 0 Å². The largest absolute Gasteiger partial charge is 0.377 e. The van der Waals surface area contributed by atoms with Crippen LogP contribution >= 0.6 is 0 Å². The van der Waals surface area contributed by atoms with Gasteiger partial charge in [-0.15, -0.1) is 0 Å². The minimum atomic E-state index is -1.53. The molecule has 1 fully saturated rings. The second-order valence-electron chi connectivity index (χ2n) is 3.87. The fourth-order valence-electron chi connectivity index (χ4n) is 1.36. The molecule has 0 radical (unpaired) electrons. The third-order valence-corrected chi connectivity index (χ3v) is 2.41. The van der Waals surface area contributed by atoms with Gasteiger partial charge in [0, 0.05) is 17.4 Å². The highest BCUT2D eigenvalue weighted by atomic mass is 16.6. The third kappa shape index (κ3) is 3.47. The number of nitrogens with one attached hydrogen (secondary N) is 1. The van der Waals surface area contributed by atoms with E-state index in [-0.39, 0.29) is 12.5 Å². The molecule has 0 bridgehead atoms. The summed E-state index contributed by atoms with van der Waals surface area (Å²) in [6.07, 6.45) is 1.05. The molecule has 0 saturated heterocycles. The van der Waals surface area contributed by atoms with Crippen LogP contribution in [0, 0.1) is 10.1 Å². The lowest BCUT2D eigenvalue weighted by molar-refractivity contribution is -0.532. The molecule has 0 aromatic carbocycles. The molecule has 86 valence electrons. The molecule has 1 saturated carbocycles. The molecule has 0 aliphatic heterocycles. The molecule has 0 aromatic heterocycles. The van der Waals surface area contributed by atoms with Crippen molar-refractivity contribution in [1.29, 1.82) is 0 Å². The molecular formula is C9H16N2O4. The van der Waals surface area contributed by atoms with Crippen LogP contribution in [0.4, 0.5) is 0 Å². The highest BCUT2D eigenvalue weighted by Crippen LogP contribution is 2.19. The smallest absolute Gasteiger partial charge is 0.256 e. The zero-order valence-electron chi connectivity index (χ0n) is 8.68. The number of aliphatic hydroxyl groups excluding tert-OH is 1. The zero-order chi connectivity index (χ0) is 11.4. The standard InChI is InChI=1S/C9H16N2O4/c1-2-3-7(11(14)15)8(12)9(13)10-6-4-5-6/h6-8,12H,2-5H2,1H3,(H,10,13)/t7-,8-/m0/s1. The first-order valence-corrected chi connectivity index (χ1v) is 5.18. The van der Waals surface area contributed by atoms with Crippen LogP contribution in [0.5, 0.6) is 0 Å². The van der Waals surface area contributed by atoms with Crippen molar-refractivity contribution in [2.45, 2.75) is 50.8 Å². The summed E-state index contributed by atoms with van der Waals surface area (Å²) in [5.41, 5.74) is 0. The predicted molar refractivity (Wildman–Crippen MR) is 52.9 cm³/mol. The van der Waals surface area contributed by atoms with Gasteiger partial charge >= 0.3 is 0 Å². The molecule has 1 aliphatic rings. The van der Waals surface area contributed by atoms with E-state index in [4.69, 9.17) is 0 Å². The van der Waals surface area contributed by atoms with Crippen molar-refractivity contribution < 1.29 is 14.8 Å². The van der Waals surface area contributed by atoms with Crippen LogP contribution in [0.3, 0.4) is 0 Å². The molecule has 0 spiro atoms. The topological polar surface area (TPSA) is 92.5 Å². The van der Waals surface area contributed by atoms with Gasteiger partial charge < -0.3 is 10.4 Å². The molecule has 0 heterocycles. The maximum absolute atomic E-state index is 11.3. The summed E-state index contributed by atoms with van der Waals surface area (Å²) < 4.78 is 0. The van der Waals surface area contributed by atoms with Crippen LogP contribution < -0.4 is 5.32 Å². The predicted octanol–water partition coefficient (Wildman–Crippen LogP) is 0.0713. The van der Waals surface area contributed by atoms with E-state index in [9.17, 15) is 20.0 Å². The Bertz CT molecular complexity index is 252. The number of amides is 1. The van der Waals surface area contributed by atoms with Crippen LogP contribution in [0.15, 0.2) is 0 Å². The van der Waals surface area contributed by atoms with Gasteiger partial charge in [-0.2, -0.15) is 0 Å². The first-order valence-electron chi connectivity index (χ1n) is 5.18. The monoisotopic (exact) mass is 216 g/mol. The average molecular weight is 216 g/mol. The highest BCUT2D eigenvalue weighted by Gasteiger charge is 2.36. The van der Waals surface area contributed by atoms with Gasteiger partial charge in [0.2, 0.25) is 12.1 Å². The van der Waals surface area contributed by atoms with Gasteiger partial charge in [0.25, 0.3) is 5.91 Å². The minimum Gasteiger partial charge on any atom is -0.377 e. The lowest BCUT2D eigenvalue weighted by Crippen LogP contribution is -2.46. The van der Waals surface area contributed by atoms with Crippen LogP contribution in [-0.4, -0.2) is 34.1 Å². The summed E-state index contributed by atoms with van der Waals surface area (Å²) in [5, 5.41) is 22.7. The van der Waals surface area contributed by atoms with Gasteiger partial charge in [0.15, 0.2) is 0 Å². The normalized spacial score (nSPS) is 19.3. The van der Waals surface area contributed by atoms with Crippen molar-refractivity contribution in [2.75, 3.05) is 0 Å². The summed E-state index contributed by atoms with van der Waals surface area (Å²) in [6, 6.07) is -1.07. The Morgan fingerprint density at radius 1 is 1.67 bits per heavy atom. The van der Waals surface area contributed by atoms with Crippen LogP contribution in [-0.2, 0) is 4.79 Å². The minimum absolute atomic E-state index is 0.112. The number of carbonyl (C=O) groups is 1. The first-order chi connectivity index (χ1) is 7.06. The fraction of sp³-hybridized carbons (Fsp3) is 0.889. The maximum Gasteiger partial charge on any atom is 0.256 e. The average Bonchev–Trinajstić information content (AvgIpc) is 2.96. The van der Waals surface area contributed by atoms with E-state index >= 15 is 0 Å². The number of rotatable bonds is 6. The van der Waals surface area contributed by atoms with Crippen LogP contribution in [0.2, 0.25) is 0 Å². The van der Waals surface area contributed by atoms with Crippen molar-refractivity contribution in [3.8, 4) is 0 Å². The highest BCUT2D eigenvalue weighted by molar-refractivity contribution is 5.81. The summed E-state index contributed by atoms with van der Waals surface area (Å²) in [4.78, 5) is 21.4. The van der Waals surface area contributed by atoms with E-state index in [0.717, 1.165) is 12.8 Å². The third-order valence-electron chi connectivity index (χ3n) is 2.41. The number of nitrogens with zero attached hydrogens (tertiary/aromatic N) is 1. The van der Waals surface area contributed by atoms with Crippen molar-refractivity contribution in [3.05, 3.63) is 10.1 Å². The van der Waals surface area contributed by atoms with E-state index in [2.05, 4.69) is 5.32 Å². The van der Waals surface area contributed by atoms with E-state index in [1.807, 2.05) is 0 Å². The Morgan fingerprint density at radius 3 is 2.67 bits per heavy atom. The molecule has 6 heteroatoms. The summed E-state index contributed by atoms with van der Waals surface area (Å²) in [7, 11) is 0. The summed E-state index contributed by atoms with van der Waals surface area (Å²) >= 11 is 0. The second kappa shape index (κ2) is 5.06. The molecule has 1 aliphatic carbocycles. The Hall–Kier alpha value is -1.17. The van der Waals surface area contributed by atoms with Gasteiger partial charge in [-0.25, -0.2) is 0 Å². The lowest BCUT2D eigenvalue weighted by Gasteiger charge is -2.14. The van der Waals surface area contributed by atoms with Gasteiger partial charge in [-0.1, -0.05) is 6.92 Å². The van der Waals surface area contributed by atoms with E-state index < -0.39 is 23.0 Å².